The minimum atomic E-state index is 0.475. The van der Waals surface area contributed by atoms with Gasteiger partial charge in [-0.25, -0.2) is 9.50 Å². The molecule has 3 nitrogen and oxygen atoms in total. The van der Waals surface area contributed by atoms with Crippen LogP contribution in [0.15, 0.2) is 12.3 Å². The molecule has 0 spiro atoms. The number of fused-ring (bicyclic) bond motifs is 1. The summed E-state index contributed by atoms with van der Waals surface area (Å²) in [4.78, 5) is 5.24. The second kappa shape index (κ2) is 9.41. The smallest absolute Gasteiger partial charge is 0.158 e. The van der Waals surface area contributed by atoms with E-state index < -0.39 is 0 Å². The summed E-state index contributed by atoms with van der Waals surface area (Å²) in [5, 5.41) is 4.85. The lowest BCUT2D eigenvalue weighted by Gasteiger charge is -2.21. The Balaban J connectivity index is 1.76. The Kier molecular flexibility index (Phi) is 6.69. The van der Waals surface area contributed by atoms with Crippen molar-refractivity contribution in [3.05, 3.63) is 29.2 Å². The van der Waals surface area contributed by atoms with Crippen molar-refractivity contribution in [1.82, 2.24) is 14.6 Å². The van der Waals surface area contributed by atoms with Crippen LogP contribution in [0.4, 0.5) is 0 Å². The van der Waals surface area contributed by atoms with Gasteiger partial charge in [0, 0.05) is 28.8 Å². The van der Waals surface area contributed by atoms with Crippen LogP contribution in [0.3, 0.4) is 0 Å². The van der Waals surface area contributed by atoms with Crippen LogP contribution in [0.2, 0.25) is 0 Å². The van der Waals surface area contributed by atoms with E-state index in [-0.39, 0.29) is 0 Å². The Morgan fingerprint density at radius 3 is 1.89 bits per heavy atom. The van der Waals surface area contributed by atoms with Crippen molar-refractivity contribution in [2.45, 2.75) is 121 Å². The molecule has 0 aliphatic heterocycles. The van der Waals surface area contributed by atoms with E-state index in [9.17, 15) is 0 Å². The molecule has 0 bridgehead atoms. The third-order valence-electron chi connectivity index (χ3n) is 7.22. The van der Waals surface area contributed by atoms with Crippen LogP contribution in [0.25, 0.3) is 5.65 Å². The molecule has 0 saturated heterocycles. The van der Waals surface area contributed by atoms with E-state index in [1.165, 1.54) is 107 Å². The molecule has 0 amide bonds. The fraction of sp³-hybridized carbons (Fsp3) is 0.760. The molecule has 0 aromatic carbocycles. The van der Waals surface area contributed by atoms with Crippen LogP contribution in [-0.4, -0.2) is 14.6 Å². The minimum absolute atomic E-state index is 0.475. The van der Waals surface area contributed by atoms with Gasteiger partial charge in [0.1, 0.15) is 0 Å². The molecule has 0 unspecified atom stereocenters. The zero-order valence-corrected chi connectivity index (χ0v) is 18.1. The summed E-state index contributed by atoms with van der Waals surface area (Å²) >= 11 is 0. The largest absolute Gasteiger partial charge is 0.233 e. The van der Waals surface area contributed by atoms with Gasteiger partial charge in [0.05, 0.1) is 6.20 Å². The van der Waals surface area contributed by atoms with Crippen molar-refractivity contribution in [2.75, 3.05) is 0 Å². The molecular weight excluding hydrogens is 342 g/mol. The third kappa shape index (κ3) is 4.44. The maximum atomic E-state index is 5.24. The SMILES string of the molecule is CC(C)c1cnn2c(C3CCCCCCCC3)cc(C3CCCCCC3)nc12. The highest BCUT2D eigenvalue weighted by molar-refractivity contribution is 5.50. The highest BCUT2D eigenvalue weighted by atomic mass is 15.3. The average molecular weight is 382 g/mol. The predicted molar refractivity (Wildman–Crippen MR) is 117 cm³/mol. The molecule has 2 fully saturated rings. The maximum absolute atomic E-state index is 5.24. The van der Waals surface area contributed by atoms with E-state index in [0.29, 0.717) is 17.8 Å². The molecule has 2 heterocycles. The Morgan fingerprint density at radius 1 is 0.786 bits per heavy atom. The van der Waals surface area contributed by atoms with Crippen molar-refractivity contribution in [1.29, 1.82) is 0 Å². The second-order valence-electron chi connectivity index (χ2n) is 9.68. The Bertz CT molecular complexity index is 742. The van der Waals surface area contributed by atoms with E-state index in [4.69, 9.17) is 10.1 Å². The van der Waals surface area contributed by atoms with Crippen molar-refractivity contribution in [2.24, 2.45) is 0 Å². The monoisotopic (exact) mass is 381 g/mol. The summed E-state index contributed by atoms with van der Waals surface area (Å²) in [7, 11) is 0. The molecule has 2 saturated carbocycles. The van der Waals surface area contributed by atoms with Gasteiger partial charge in [0.15, 0.2) is 5.65 Å². The van der Waals surface area contributed by atoms with Crippen LogP contribution >= 0.6 is 0 Å². The number of hydrogen-bond donors (Lipinski definition) is 0. The summed E-state index contributed by atoms with van der Waals surface area (Å²) in [5.41, 5.74) is 5.29. The highest BCUT2D eigenvalue weighted by Crippen LogP contribution is 2.36. The summed E-state index contributed by atoms with van der Waals surface area (Å²) in [6.07, 6.45) is 21.3. The normalized spacial score (nSPS) is 21.4. The van der Waals surface area contributed by atoms with Crippen molar-refractivity contribution in [3.8, 4) is 0 Å². The molecule has 0 radical (unpaired) electrons. The first-order chi connectivity index (χ1) is 13.7. The molecule has 2 aliphatic rings. The van der Waals surface area contributed by atoms with Crippen molar-refractivity contribution in [3.63, 3.8) is 0 Å². The first kappa shape index (κ1) is 19.9. The summed E-state index contributed by atoms with van der Waals surface area (Å²) in [6.45, 7) is 4.55. The van der Waals surface area contributed by atoms with Gasteiger partial charge in [0.25, 0.3) is 0 Å². The molecule has 0 atom stereocenters. The fourth-order valence-electron chi connectivity index (χ4n) is 5.43. The van der Waals surface area contributed by atoms with Gasteiger partial charge in [-0.05, 0) is 37.7 Å². The molecule has 0 N–H and O–H groups in total. The Labute approximate surface area is 171 Å². The number of hydrogen-bond acceptors (Lipinski definition) is 2. The lowest BCUT2D eigenvalue weighted by Crippen LogP contribution is -2.12. The van der Waals surface area contributed by atoms with Gasteiger partial charge in [-0.2, -0.15) is 5.10 Å². The van der Waals surface area contributed by atoms with Gasteiger partial charge in [-0.1, -0.05) is 78.1 Å². The Hall–Kier alpha value is -1.38. The number of nitrogens with zero attached hydrogens (tertiary/aromatic N) is 3. The second-order valence-corrected chi connectivity index (χ2v) is 9.68. The molecule has 28 heavy (non-hydrogen) atoms. The van der Waals surface area contributed by atoms with Gasteiger partial charge in [0.2, 0.25) is 0 Å². The van der Waals surface area contributed by atoms with Crippen molar-refractivity contribution < 1.29 is 0 Å². The maximum Gasteiger partial charge on any atom is 0.158 e. The molecular formula is C25H39N3. The highest BCUT2D eigenvalue weighted by Gasteiger charge is 2.24. The third-order valence-corrected chi connectivity index (χ3v) is 7.22. The van der Waals surface area contributed by atoms with Crippen LogP contribution in [0.5, 0.6) is 0 Å². The summed E-state index contributed by atoms with van der Waals surface area (Å²) in [6, 6.07) is 2.47. The number of rotatable bonds is 3. The first-order valence-corrected chi connectivity index (χ1v) is 12.1. The average Bonchev–Trinajstić information content (AvgIpc) is 3.02. The molecule has 4 rings (SSSR count). The molecule has 2 aromatic rings. The van der Waals surface area contributed by atoms with E-state index in [0.717, 1.165) is 5.65 Å². The van der Waals surface area contributed by atoms with Gasteiger partial charge >= 0.3 is 0 Å². The van der Waals surface area contributed by atoms with Crippen LogP contribution in [0.1, 0.15) is 138 Å². The van der Waals surface area contributed by atoms with E-state index >= 15 is 0 Å². The molecule has 2 aliphatic carbocycles. The van der Waals surface area contributed by atoms with E-state index in [2.05, 4.69) is 30.6 Å². The quantitative estimate of drug-likeness (QED) is 0.515. The first-order valence-electron chi connectivity index (χ1n) is 12.1. The summed E-state index contributed by atoms with van der Waals surface area (Å²) < 4.78 is 2.22. The lowest BCUT2D eigenvalue weighted by molar-refractivity contribution is 0.511. The summed E-state index contributed by atoms with van der Waals surface area (Å²) in [5.74, 6) is 1.77. The van der Waals surface area contributed by atoms with Gasteiger partial charge < -0.3 is 0 Å². The molecule has 3 heteroatoms. The van der Waals surface area contributed by atoms with Crippen molar-refractivity contribution >= 4 is 5.65 Å². The molecule has 2 aromatic heterocycles. The van der Waals surface area contributed by atoms with E-state index in [1.807, 2.05) is 0 Å². The lowest BCUT2D eigenvalue weighted by atomic mass is 9.90. The van der Waals surface area contributed by atoms with Crippen LogP contribution in [-0.2, 0) is 0 Å². The zero-order valence-electron chi connectivity index (χ0n) is 18.1. The van der Waals surface area contributed by atoms with Gasteiger partial charge in [-0.15, -0.1) is 0 Å². The standard InChI is InChI=1S/C25H39N3/c1-19(2)22-18-26-28-24(21-15-11-5-3-4-6-12-16-21)17-23(27-25(22)28)20-13-9-7-8-10-14-20/h17-21H,3-16H2,1-2H3. The predicted octanol–water partition coefficient (Wildman–Crippen LogP) is 7.51. The zero-order chi connectivity index (χ0) is 19.3. The van der Waals surface area contributed by atoms with E-state index in [1.54, 1.807) is 0 Å². The fourth-order valence-corrected chi connectivity index (χ4v) is 5.43. The topological polar surface area (TPSA) is 30.2 Å². The minimum Gasteiger partial charge on any atom is -0.233 e. The Morgan fingerprint density at radius 2 is 1.32 bits per heavy atom. The number of aromatic nitrogens is 3. The van der Waals surface area contributed by atoms with Crippen LogP contribution < -0.4 is 0 Å². The molecule has 154 valence electrons. The van der Waals surface area contributed by atoms with Gasteiger partial charge in [-0.3, -0.25) is 0 Å². The van der Waals surface area contributed by atoms with Crippen LogP contribution in [0, 0.1) is 0 Å².